The number of benzene rings is 4. The Morgan fingerprint density at radius 1 is 0.424 bits per heavy atom. The highest BCUT2D eigenvalue weighted by Gasteiger charge is 2.41. The molecule has 0 saturated carbocycles. The molecule has 4 aromatic rings. The van der Waals surface area contributed by atoms with Gasteiger partial charge in [0.2, 0.25) is 27.2 Å². The van der Waals surface area contributed by atoms with Crippen molar-refractivity contribution in [3.63, 3.8) is 0 Å². The molecule has 4 heterocycles. The normalized spacial score (nSPS) is 19.4. The third-order valence-corrected chi connectivity index (χ3v) is 15.9. The van der Waals surface area contributed by atoms with Crippen molar-refractivity contribution in [2.75, 3.05) is 27.2 Å². The summed E-state index contributed by atoms with van der Waals surface area (Å²) < 4.78 is 54.3. The molecule has 0 saturated heterocycles. The second-order valence-electron chi connectivity index (χ2n) is 17.6. The molecular formula is C52H60O10S4. The van der Waals surface area contributed by atoms with Gasteiger partial charge in [0.05, 0.1) is 0 Å². The molecule has 1 aliphatic carbocycles. The first-order chi connectivity index (χ1) is 32.2. The van der Waals surface area contributed by atoms with Gasteiger partial charge >= 0.3 is 0 Å². The minimum atomic E-state index is -0.212. The zero-order chi connectivity index (χ0) is 46.2. The molecule has 0 amide bonds. The van der Waals surface area contributed by atoms with Gasteiger partial charge < -0.3 is 37.9 Å². The monoisotopic (exact) mass is 972 g/mol. The van der Waals surface area contributed by atoms with E-state index in [0.29, 0.717) is 57.5 Å². The van der Waals surface area contributed by atoms with Crippen molar-refractivity contribution in [1.82, 2.24) is 0 Å². The van der Waals surface area contributed by atoms with Crippen LogP contribution in [0, 0.1) is 0 Å². The molecule has 352 valence electrons. The zero-order valence-corrected chi connectivity index (χ0v) is 42.1. The fraction of sp³-hybridized carbons (Fsp3) is 0.500. The second-order valence-corrected chi connectivity index (χ2v) is 20.6. The average molecular weight is 973 g/mol. The largest absolute Gasteiger partial charge is 0.457 e. The molecule has 0 spiro atoms. The van der Waals surface area contributed by atoms with Crippen LogP contribution in [0.15, 0.2) is 24.3 Å². The Morgan fingerprint density at radius 3 is 0.818 bits per heavy atom. The Hall–Kier alpha value is -3.98. The molecule has 0 N–H and O–H groups in total. The number of carbonyl (C=O) groups excluding carboxylic acids is 2. The van der Waals surface area contributed by atoms with Gasteiger partial charge in [-0.2, -0.15) is 25.3 Å². The van der Waals surface area contributed by atoms with Crippen molar-refractivity contribution in [1.29, 1.82) is 0 Å². The molecule has 66 heavy (non-hydrogen) atoms. The van der Waals surface area contributed by atoms with E-state index < -0.39 is 0 Å². The molecule has 4 aromatic carbocycles. The Balaban J connectivity index is 1.50. The van der Waals surface area contributed by atoms with Crippen molar-refractivity contribution in [2.45, 2.75) is 140 Å². The van der Waals surface area contributed by atoms with Crippen LogP contribution >= 0.6 is 48.8 Å². The lowest BCUT2D eigenvalue weighted by atomic mass is 9.74. The number of thiol groups is 2. The van der Waals surface area contributed by atoms with E-state index in [1.165, 1.54) is 23.5 Å². The Labute approximate surface area is 408 Å². The SMILES string of the molecule is CCCC1c2cc3c4c(CS)c2OCOc2c1cc1c(c2CS)OCOc2c(cc5c(c2CSC(C)=O)OCOc2c(cc(c(c2CSC(C)=O)OCO4)C3CCC)C5CCC)C1CCC. The van der Waals surface area contributed by atoms with Crippen LogP contribution in [0.1, 0.15) is 183 Å². The van der Waals surface area contributed by atoms with E-state index in [4.69, 9.17) is 63.2 Å². The van der Waals surface area contributed by atoms with Crippen LogP contribution in [0.3, 0.4) is 0 Å². The highest BCUT2D eigenvalue weighted by Crippen LogP contribution is 2.59. The molecule has 0 fully saturated rings. The smallest absolute Gasteiger partial charge is 0.230 e. The summed E-state index contributed by atoms with van der Waals surface area (Å²) >= 11 is 12.5. The van der Waals surface area contributed by atoms with Crippen LogP contribution in [-0.2, 0) is 32.6 Å². The second kappa shape index (κ2) is 20.3. The van der Waals surface area contributed by atoms with E-state index in [1.807, 2.05) is 0 Å². The van der Waals surface area contributed by atoms with Crippen molar-refractivity contribution in [3.05, 3.63) is 91.0 Å². The molecule has 9 rings (SSSR count). The number of thioether (sulfide) groups is 2. The topological polar surface area (TPSA) is 108 Å². The van der Waals surface area contributed by atoms with Gasteiger partial charge in [-0.25, -0.2) is 0 Å². The standard InChI is InChI=1S/C52H60O10S4/c1-7-11-29-33-15-35-30(12-8-2)37-17-39-32(14-10-4)40-18-38-31(13-9-3)36-16-34(29)46-42(20-64)48(36)58-25-60-50(38)44(22-66-28(6)54)52(40)62-26-61-51(39)43(21-65-27(5)53)49(37)59-24-57-47(35)41(19-63)45(33)55-23-56-46/h15-18,29-32,63-64H,7-14,19-26H2,1-6H3. The van der Waals surface area contributed by atoms with Gasteiger partial charge in [0.25, 0.3) is 0 Å². The molecule has 10 nitrogen and oxygen atoms in total. The van der Waals surface area contributed by atoms with E-state index in [0.717, 1.165) is 130 Å². The molecule has 2 atom stereocenters. The highest BCUT2D eigenvalue weighted by atomic mass is 32.2. The van der Waals surface area contributed by atoms with Gasteiger partial charge in [-0.3, -0.25) is 9.59 Å². The van der Waals surface area contributed by atoms with E-state index in [1.54, 1.807) is 13.8 Å². The van der Waals surface area contributed by atoms with Gasteiger partial charge in [-0.1, -0.05) is 76.9 Å². The predicted molar refractivity (Wildman–Crippen MR) is 267 cm³/mol. The molecule has 0 radical (unpaired) electrons. The third kappa shape index (κ3) is 8.37. The zero-order valence-electron chi connectivity index (χ0n) is 38.7. The number of hydrogen-bond donors (Lipinski definition) is 2. The summed E-state index contributed by atoms with van der Waals surface area (Å²) in [7, 11) is 0. The van der Waals surface area contributed by atoms with Crippen molar-refractivity contribution >= 4 is 59.0 Å². The summed E-state index contributed by atoms with van der Waals surface area (Å²) in [4.78, 5) is 25.7. The molecular weight excluding hydrogens is 913 g/mol. The number of ether oxygens (including phenoxy) is 8. The molecule has 2 unspecified atom stereocenters. The first-order valence-electron chi connectivity index (χ1n) is 23.5. The summed E-state index contributed by atoms with van der Waals surface area (Å²) in [5.41, 5.74) is 11.7. The molecule has 14 heteroatoms. The minimum absolute atomic E-state index is 0.00549. The van der Waals surface area contributed by atoms with Gasteiger partial charge in [-0.05, 0) is 49.9 Å². The van der Waals surface area contributed by atoms with E-state index in [2.05, 4.69) is 52.0 Å². The fourth-order valence-electron chi connectivity index (χ4n) is 11.0. The lowest BCUT2D eigenvalue weighted by Crippen LogP contribution is -2.25. The van der Waals surface area contributed by atoms with Gasteiger partial charge in [0.15, 0.2) is 10.2 Å². The summed E-state index contributed by atoms with van der Waals surface area (Å²) in [5, 5.41) is -0.0110. The Bertz CT molecular complexity index is 2380. The minimum Gasteiger partial charge on any atom is -0.457 e. The third-order valence-electron chi connectivity index (χ3n) is 13.6. The van der Waals surface area contributed by atoms with Crippen LogP contribution in [0.5, 0.6) is 46.0 Å². The van der Waals surface area contributed by atoms with Crippen molar-refractivity contribution in [3.8, 4) is 46.0 Å². The number of hydrogen-bond acceptors (Lipinski definition) is 14. The lowest BCUT2D eigenvalue weighted by molar-refractivity contribution is -0.109. The lowest BCUT2D eigenvalue weighted by Gasteiger charge is -2.37. The van der Waals surface area contributed by atoms with Crippen LogP contribution in [-0.4, -0.2) is 37.4 Å². The van der Waals surface area contributed by atoms with Gasteiger partial charge in [0.1, 0.15) is 46.0 Å². The molecule has 0 aromatic heterocycles. The van der Waals surface area contributed by atoms with Gasteiger partial charge in [-0.15, -0.1) is 0 Å². The molecule has 4 aliphatic heterocycles. The predicted octanol–water partition coefficient (Wildman–Crippen LogP) is 13.1. The quantitative estimate of drug-likeness (QED) is 0.117. The maximum absolute atomic E-state index is 12.9. The van der Waals surface area contributed by atoms with Crippen molar-refractivity contribution in [2.24, 2.45) is 0 Å². The molecule has 8 bridgehead atoms. The number of rotatable bonds is 14. The van der Waals surface area contributed by atoms with E-state index in [-0.39, 0.29) is 61.1 Å². The first kappa shape index (κ1) is 47.1. The van der Waals surface area contributed by atoms with Crippen LogP contribution in [0.4, 0.5) is 0 Å². The Morgan fingerprint density at radius 2 is 0.636 bits per heavy atom. The van der Waals surface area contributed by atoms with Crippen LogP contribution in [0.25, 0.3) is 0 Å². The number of carbonyl (C=O) groups is 2. The van der Waals surface area contributed by atoms with Crippen LogP contribution < -0.4 is 37.9 Å². The van der Waals surface area contributed by atoms with E-state index >= 15 is 0 Å². The summed E-state index contributed by atoms with van der Waals surface area (Å²) in [6.45, 7) is 11.7. The maximum Gasteiger partial charge on any atom is 0.230 e. The summed E-state index contributed by atoms with van der Waals surface area (Å²) in [5.74, 6) is 6.24. The summed E-state index contributed by atoms with van der Waals surface area (Å²) in [6, 6.07) is 9.32. The average Bonchev–Trinajstić information content (AvgIpc) is 3.28. The first-order valence-corrected chi connectivity index (χ1v) is 26.7. The maximum atomic E-state index is 12.9. The molecule has 5 aliphatic rings. The summed E-state index contributed by atoms with van der Waals surface area (Å²) in [6.07, 6.45) is 6.67. The Kier molecular flexibility index (Phi) is 14.5. The van der Waals surface area contributed by atoms with Crippen LogP contribution in [0.2, 0.25) is 0 Å². The van der Waals surface area contributed by atoms with Gasteiger partial charge in [0, 0.05) is 127 Å². The fourth-order valence-corrected chi connectivity index (χ4v) is 12.8. The van der Waals surface area contributed by atoms with E-state index in [9.17, 15) is 9.59 Å². The highest BCUT2D eigenvalue weighted by molar-refractivity contribution is 8.13. The van der Waals surface area contributed by atoms with Crippen molar-refractivity contribution < 1.29 is 47.5 Å².